The molecule has 0 unspecified atom stereocenters. The number of amides is 2. The number of carbonyl (C=O) groups is 3. The van der Waals surface area contributed by atoms with Gasteiger partial charge in [0.05, 0.1) is 18.2 Å². The minimum absolute atomic E-state index is 0.0760. The highest BCUT2D eigenvalue weighted by Gasteiger charge is 2.52. The molecule has 4 saturated carbocycles. The number of hydrogen-bond acceptors (Lipinski definition) is 5. The molecule has 4 bridgehead atoms. The van der Waals surface area contributed by atoms with Crippen LogP contribution in [0, 0.1) is 36.0 Å². The van der Waals surface area contributed by atoms with E-state index in [2.05, 4.69) is 0 Å². The molecule has 0 aliphatic heterocycles. The highest BCUT2D eigenvalue weighted by atomic mass is 19.4. The molecule has 0 spiro atoms. The predicted molar refractivity (Wildman–Crippen MR) is 230 cm³/mol. The van der Waals surface area contributed by atoms with Gasteiger partial charge in [-0.1, -0.05) is 90.8 Å². The van der Waals surface area contributed by atoms with Crippen molar-refractivity contribution < 1.29 is 27.6 Å². The van der Waals surface area contributed by atoms with Crippen LogP contribution in [0.1, 0.15) is 98.4 Å². The Morgan fingerprint density at radius 1 is 0.783 bits per heavy atom. The first-order chi connectivity index (χ1) is 28.8. The molecule has 0 aromatic heterocycles. The van der Waals surface area contributed by atoms with Gasteiger partial charge in [-0.15, -0.1) is 0 Å². The van der Waals surface area contributed by atoms with Crippen molar-refractivity contribution in [2.24, 2.45) is 40.6 Å². The monoisotopic (exact) mass is 822 g/mol. The Labute approximate surface area is 353 Å². The lowest BCUT2D eigenvalue weighted by molar-refractivity contribution is -0.146. The first-order valence-electron chi connectivity index (χ1n) is 22.0. The lowest BCUT2D eigenvalue weighted by Gasteiger charge is -2.57. The fourth-order valence-electron chi connectivity index (χ4n) is 11.2. The van der Waals surface area contributed by atoms with E-state index in [0.29, 0.717) is 54.7 Å². The van der Waals surface area contributed by atoms with Gasteiger partial charge in [0.2, 0.25) is 11.8 Å². The van der Waals surface area contributed by atoms with Crippen molar-refractivity contribution in [3.05, 3.63) is 119 Å². The molecule has 4 aromatic carbocycles. The van der Waals surface area contributed by atoms with Crippen LogP contribution in [0.15, 0.2) is 91.0 Å². The molecule has 4 N–H and O–H groups in total. The summed E-state index contributed by atoms with van der Waals surface area (Å²) in [5, 5.41) is 1.93. The van der Waals surface area contributed by atoms with E-state index >= 15 is 0 Å². The van der Waals surface area contributed by atoms with Gasteiger partial charge in [0.15, 0.2) is 0 Å². The highest BCUT2D eigenvalue weighted by Crippen LogP contribution is 2.61. The van der Waals surface area contributed by atoms with Gasteiger partial charge in [-0.3, -0.25) is 14.4 Å². The average molecular weight is 823 g/mol. The fourth-order valence-corrected chi connectivity index (χ4v) is 11.2. The van der Waals surface area contributed by atoms with Gasteiger partial charge in [-0.05, 0) is 140 Å². The van der Waals surface area contributed by atoms with Gasteiger partial charge in [0.1, 0.15) is 5.78 Å². The first kappa shape index (κ1) is 43.5. The first-order valence-corrected chi connectivity index (χ1v) is 22.0. The Morgan fingerprint density at radius 3 is 2.13 bits per heavy atom. The molecule has 60 heavy (non-hydrogen) atoms. The van der Waals surface area contributed by atoms with Crippen LogP contribution in [-0.4, -0.2) is 53.1 Å². The van der Waals surface area contributed by atoms with Gasteiger partial charge < -0.3 is 21.3 Å². The number of carbonyl (C=O) groups excluding carboxylic acids is 3. The number of alkyl halides is 3. The van der Waals surface area contributed by atoms with Crippen molar-refractivity contribution in [2.75, 3.05) is 19.6 Å². The smallest absolute Gasteiger partial charge is 0.333 e. The fraction of sp³-hybridized carbons (Fsp3) is 0.500. The molecule has 320 valence electrons. The number of ketones is 1. The van der Waals surface area contributed by atoms with Crippen LogP contribution in [0.5, 0.6) is 0 Å². The molecule has 4 aliphatic carbocycles. The number of rotatable bonds is 19. The second-order valence-electron chi connectivity index (χ2n) is 18.6. The maximum Gasteiger partial charge on any atom is 0.416 e. The quantitative estimate of drug-likeness (QED) is 0.0917. The van der Waals surface area contributed by atoms with E-state index in [-0.39, 0.29) is 61.5 Å². The second-order valence-corrected chi connectivity index (χ2v) is 18.6. The molecule has 4 aliphatic rings. The number of nitrogens with zero attached hydrogens (tertiary/aromatic N) is 2. The molecule has 4 fully saturated rings. The number of Topliss-reactive ketones (excluding diaryl/α,β-unsaturated/α-hetero) is 1. The van der Waals surface area contributed by atoms with Crippen molar-refractivity contribution in [3.63, 3.8) is 0 Å². The van der Waals surface area contributed by atoms with Crippen molar-refractivity contribution in [1.82, 2.24) is 9.80 Å². The van der Waals surface area contributed by atoms with Crippen LogP contribution in [-0.2, 0) is 40.1 Å². The molecule has 7 nitrogen and oxygen atoms in total. The average Bonchev–Trinajstić information content (AvgIpc) is 3.19. The summed E-state index contributed by atoms with van der Waals surface area (Å²) in [6.45, 7) is 2.13. The van der Waals surface area contributed by atoms with Gasteiger partial charge in [-0.25, -0.2) is 0 Å². The van der Waals surface area contributed by atoms with E-state index in [4.69, 9.17) is 11.5 Å². The summed E-state index contributed by atoms with van der Waals surface area (Å²) in [6.07, 6.45) is 5.30. The molecule has 2 atom stereocenters. The largest absolute Gasteiger partial charge is 0.416 e. The molecular formula is C50H61F3N4O3. The Kier molecular flexibility index (Phi) is 13.8. The van der Waals surface area contributed by atoms with Gasteiger partial charge in [-0.2, -0.15) is 13.2 Å². The number of unbranched alkanes of at least 4 members (excludes halogenated alkanes) is 1. The van der Waals surface area contributed by atoms with E-state index in [1.165, 1.54) is 19.3 Å². The number of nitrogens with two attached hydrogens (primary N) is 2. The summed E-state index contributed by atoms with van der Waals surface area (Å²) in [6, 6.07) is 26.8. The van der Waals surface area contributed by atoms with Crippen LogP contribution >= 0.6 is 0 Å². The number of hydrogen-bond donors (Lipinski definition) is 2. The standard InChI is InChI=1S/C50H61F3N4O3/c1-34-18-39(24-43(19-34)50(51,52)53)30-56(32-42-14-9-13-41-12-5-6-15-44(41)42)48(60)33-57(47(59)29-49-26-36-21-37(27-49)23-38(22-36)28-49)31-40(20-35-10-3-2-4-11-35)25-46(58)45(55)16-7-8-17-54/h2-6,9-15,18-19,24,36-38,40,45H,7-8,16-17,20-23,25-33,54-55H2,1H3/t36?,37?,38?,40-,45+,49?/m1/s1. The third-order valence-electron chi connectivity index (χ3n) is 13.5. The molecule has 8 rings (SSSR count). The lowest BCUT2D eigenvalue weighted by Crippen LogP contribution is -2.50. The van der Waals surface area contributed by atoms with Crippen LogP contribution in [0.4, 0.5) is 13.2 Å². The summed E-state index contributed by atoms with van der Waals surface area (Å²) in [5.41, 5.74) is 14.0. The van der Waals surface area contributed by atoms with E-state index < -0.39 is 17.8 Å². The van der Waals surface area contributed by atoms with Gasteiger partial charge in [0, 0.05) is 32.5 Å². The maximum atomic E-state index is 15.0. The van der Waals surface area contributed by atoms with Crippen LogP contribution in [0.25, 0.3) is 10.8 Å². The zero-order valence-corrected chi connectivity index (χ0v) is 35.0. The van der Waals surface area contributed by atoms with Crippen molar-refractivity contribution in [2.45, 2.75) is 109 Å². The Hall–Kier alpha value is -4.54. The molecule has 0 heterocycles. The third kappa shape index (κ3) is 11.0. The topological polar surface area (TPSA) is 110 Å². The van der Waals surface area contributed by atoms with E-state index in [1.807, 2.05) is 72.8 Å². The Balaban J connectivity index is 1.21. The molecule has 4 aromatic rings. The van der Waals surface area contributed by atoms with Gasteiger partial charge >= 0.3 is 6.18 Å². The second kappa shape index (κ2) is 19.0. The van der Waals surface area contributed by atoms with Crippen LogP contribution in [0.2, 0.25) is 0 Å². The summed E-state index contributed by atoms with van der Waals surface area (Å²) < 4.78 is 42.2. The van der Waals surface area contributed by atoms with E-state index in [1.54, 1.807) is 22.8 Å². The third-order valence-corrected chi connectivity index (χ3v) is 13.5. The molecule has 0 radical (unpaired) electrons. The molecule has 2 amide bonds. The van der Waals surface area contributed by atoms with Crippen molar-refractivity contribution >= 4 is 28.4 Å². The molecule has 10 heteroatoms. The zero-order chi connectivity index (χ0) is 42.4. The van der Waals surface area contributed by atoms with E-state index in [0.717, 1.165) is 66.1 Å². The normalized spacial score (nSPS) is 21.8. The summed E-state index contributed by atoms with van der Waals surface area (Å²) in [4.78, 5) is 46.9. The van der Waals surface area contributed by atoms with Crippen LogP contribution < -0.4 is 11.5 Å². The summed E-state index contributed by atoms with van der Waals surface area (Å²) >= 11 is 0. The lowest BCUT2D eigenvalue weighted by atomic mass is 9.49. The maximum absolute atomic E-state index is 15.0. The minimum atomic E-state index is -4.55. The molecule has 0 saturated heterocycles. The van der Waals surface area contributed by atoms with Crippen molar-refractivity contribution in [1.29, 1.82) is 0 Å². The number of fused-ring (bicyclic) bond motifs is 1. The predicted octanol–water partition coefficient (Wildman–Crippen LogP) is 9.41. The summed E-state index contributed by atoms with van der Waals surface area (Å²) in [7, 11) is 0. The number of halogens is 3. The molecular weight excluding hydrogens is 762 g/mol. The minimum Gasteiger partial charge on any atom is -0.333 e. The highest BCUT2D eigenvalue weighted by molar-refractivity contribution is 5.88. The number of aryl methyl sites for hydroxylation is 1. The van der Waals surface area contributed by atoms with Gasteiger partial charge in [0.25, 0.3) is 0 Å². The van der Waals surface area contributed by atoms with Crippen molar-refractivity contribution in [3.8, 4) is 0 Å². The Bertz CT molecular complexity index is 2080. The zero-order valence-electron chi connectivity index (χ0n) is 35.0. The SMILES string of the molecule is Cc1cc(CN(Cc2cccc3ccccc23)C(=O)CN(C[C@@H](CC(=O)[C@@H](N)CCCCN)Cc2ccccc2)C(=O)CC23CC4CC(CC(C4)C2)C3)cc(C(F)(F)F)c1. The van der Waals surface area contributed by atoms with E-state index in [9.17, 15) is 27.6 Å². The number of benzene rings is 4. The summed E-state index contributed by atoms with van der Waals surface area (Å²) in [5.74, 6) is 1.06. The van der Waals surface area contributed by atoms with Crippen LogP contribution in [0.3, 0.4) is 0 Å². The Morgan fingerprint density at radius 2 is 1.45 bits per heavy atom.